The Morgan fingerprint density at radius 1 is 1.83 bits per heavy atom. The molecule has 0 amide bonds. The minimum atomic E-state index is -0.326. The van der Waals surface area contributed by atoms with E-state index in [-0.39, 0.29) is 13.7 Å². The van der Waals surface area contributed by atoms with Gasteiger partial charge in [0, 0.05) is 0 Å². The second-order valence-corrected chi connectivity index (χ2v) is 1.17. The van der Waals surface area contributed by atoms with Gasteiger partial charge < -0.3 is 0 Å². The van der Waals surface area contributed by atoms with Gasteiger partial charge in [0.1, 0.15) is 0 Å². The van der Waals surface area contributed by atoms with Crippen molar-refractivity contribution in [3.8, 4) is 5.63 Å². The maximum absolute atomic E-state index is 9.73. The fourth-order valence-corrected chi connectivity index (χ4v) is 0.193. The molecule has 0 spiro atoms. The Hall–Kier alpha value is -0.320. The Bertz CT molecular complexity index is 141. The molecule has 32 valence electrons. The quantitative estimate of drug-likeness (QED) is 0.424. The van der Waals surface area contributed by atoms with E-state index in [1.54, 1.807) is 0 Å². The number of Topliss-reactive ketones (excluding diaryl/α,β-unsaturated/α-hetero) is 1. The van der Waals surface area contributed by atoms with E-state index in [4.69, 9.17) is 0 Å². The van der Waals surface area contributed by atoms with Gasteiger partial charge in [0.2, 0.25) is 0 Å². The van der Waals surface area contributed by atoms with Gasteiger partial charge in [-0.25, -0.2) is 0 Å². The van der Waals surface area contributed by atoms with Crippen molar-refractivity contribution in [2.75, 3.05) is 0 Å². The summed E-state index contributed by atoms with van der Waals surface area (Å²) in [4.78, 5) is 9.73. The fraction of sp³-hybridized carbons (Fsp3) is 0.333. The number of ketones is 1. The van der Waals surface area contributed by atoms with Crippen LogP contribution in [-0.4, -0.2) is 5.78 Å². The van der Waals surface area contributed by atoms with Gasteiger partial charge in [0.25, 0.3) is 0 Å². The van der Waals surface area contributed by atoms with Crippen LogP contribution in [0, 0.1) is 5.63 Å². The van der Waals surface area contributed by atoms with Crippen molar-refractivity contribution in [3.05, 3.63) is 0 Å². The SMILES string of the molecule is CC(=O)C#P=O. The molecule has 0 aliphatic rings. The van der Waals surface area contributed by atoms with Gasteiger partial charge >= 0.3 is 35.6 Å². The molecule has 0 saturated heterocycles. The third kappa shape index (κ3) is 3.68. The number of rotatable bonds is 0. The molecule has 0 N–H and O–H groups in total. The summed E-state index contributed by atoms with van der Waals surface area (Å²) in [5.41, 5.74) is 1.99. The fourth-order valence-electron chi connectivity index (χ4n) is 0.0643. The molecule has 6 heavy (non-hydrogen) atoms. The van der Waals surface area contributed by atoms with Gasteiger partial charge in [0.15, 0.2) is 0 Å². The molecule has 0 aliphatic carbocycles. The van der Waals surface area contributed by atoms with Crippen LogP contribution in [0.4, 0.5) is 0 Å². The van der Waals surface area contributed by atoms with Crippen molar-refractivity contribution in [2.24, 2.45) is 0 Å². The predicted molar refractivity (Wildman–Crippen MR) is 22.2 cm³/mol. The molecule has 0 aromatic rings. The molecular formula is C3H3O2P. The van der Waals surface area contributed by atoms with Crippen LogP contribution in [0.1, 0.15) is 6.92 Å². The van der Waals surface area contributed by atoms with E-state index in [2.05, 4.69) is 0 Å². The summed E-state index contributed by atoms with van der Waals surface area (Å²) in [6.45, 7) is 1.30. The molecule has 2 nitrogen and oxygen atoms in total. The van der Waals surface area contributed by atoms with Crippen LogP contribution >= 0.6 is 7.92 Å². The molecule has 0 aromatic heterocycles. The zero-order chi connectivity index (χ0) is 4.99. The molecule has 0 aliphatic heterocycles. The van der Waals surface area contributed by atoms with Crippen LogP contribution < -0.4 is 0 Å². The summed E-state index contributed by atoms with van der Waals surface area (Å²) in [7, 11) is -0.326. The molecule has 0 radical (unpaired) electrons. The van der Waals surface area contributed by atoms with Crippen molar-refractivity contribution in [1.82, 2.24) is 0 Å². The van der Waals surface area contributed by atoms with E-state index in [0.717, 1.165) is 0 Å². The van der Waals surface area contributed by atoms with E-state index in [9.17, 15) is 9.36 Å². The molecular weight excluding hydrogens is 99.0 g/mol. The first-order valence-corrected chi connectivity index (χ1v) is 2.17. The van der Waals surface area contributed by atoms with Crippen molar-refractivity contribution in [1.29, 1.82) is 0 Å². The van der Waals surface area contributed by atoms with E-state index in [1.165, 1.54) is 6.92 Å². The van der Waals surface area contributed by atoms with Gasteiger partial charge in [0.05, 0.1) is 0 Å². The van der Waals surface area contributed by atoms with Crippen LogP contribution in [0.5, 0.6) is 0 Å². The third-order valence-electron chi connectivity index (χ3n) is 0.203. The Morgan fingerprint density at radius 3 is 2.33 bits per heavy atom. The average Bonchev–Trinajstić information content (AvgIpc) is 1.35. The van der Waals surface area contributed by atoms with E-state index in [0.29, 0.717) is 0 Å². The monoisotopic (exact) mass is 102 g/mol. The number of hydrogen-bond acceptors (Lipinski definition) is 2. The van der Waals surface area contributed by atoms with Crippen molar-refractivity contribution >= 4 is 13.7 Å². The van der Waals surface area contributed by atoms with Crippen LogP contribution in [0.15, 0.2) is 0 Å². The Kier molecular flexibility index (Phi) is 2.74. The summed E-state index contributed by atoms with van der Waals surface area (Å²) >= 11 is 0. The van der Waals surface area contributed by atoms with Gasteiger partial charge in [-0.05, 0) is 0 Å². The summed E-state index contributed by atoms with van der Waals surface area (Å²) in [5.74, 6) is -0.285. The van der Waals surface area contributed by atoms with Crippen molar-refractivity contribution < 1.29 is 9.36 Å². The molecule has 0 rings (SSSR count). The summed E-state index contributed by atoms with van der Waals surface area (Å²) < 4.78 is 9.38. The van der Waals surface area contributed by atoms with Gasteiger partial charge in [-0.3, -0.25) is 0 Å². The normalized spacial score (nSPS) is 6.17. The Morgan fingerprint density at radius 2 is 2.33 bits per heavy atom. The minimum absolute atomic E-state index is 0.285. The Labute approximate surface area is 36.7 Å². The second-order valence-electron chi connectivity index (χ2n) is 0.759. The van der Waals surface area contributed by atoms with Crippen LogP contribution in [-0.2, 0) is 9.36 Å². The molecule has 0 heterocycles. The van der Waals surface area contributed by atoms with Gasteiger partial charge in [-0.2, -0.15) is 0 Å². The van der Waals surface area contributed by atoms with E-state index < -0.39 is 0 Å². The van der Waals surface area contributed by atoms with Crippen LogP contribution in [0.2, 0.25) is 0 Å². The van der Waals surface area contributed by atoms with E-state index >= 15 is 0 Å². The van der Waals surface area contributed by atoms with Crippen LogP contribution in [0.3, 0.4) is 0 Å². The first-order valence-electron chi connectivity index (χ1n) is 1.36. The predicted octanol–water partition coefficient (Wildman–Crippen LogP) is 0.826. The van der Waals surface area contributed by atoms with Crippen molar-refractivity contribution in [2.45, 2.75) is 6.92 Å². The maximum atomic E-state index is 9.73. The topological polar surface area (TPSA) is 34.1 Å². The number of carbonyl (C=O) groups excluding carboxylic acids is 1. The zero-order valence-corrected chi connectivity index (χ0v) is 4.16. The van der Waals surface area contributed by atoms with Crippen molar-refractivity contribution in [3.63, 3.8) is 0 Å². The van der Waals surface area contributed by atoms with Gasteiger partial charge in [-0.15, -0.1) is 0 Å². The average molecular weight is 102 g/mol. The third-order valence-corrected chi connectivity index (χ3v) is 0.609. The molecule has 0 saturated carbocycles. The molecule has 0 atom stereocenters. The first kappa shape index (κ1) is 5.68. The second kappa shape index (κ2) is 2.89. The van der Waals surface area contributed by atoms with Crippen LogP contribution in [0.25, 0.3) is 0 Å². The molecule has 3 heteroatoms. The number of carbonyl (C=O) groups is 1. The van der Waals surface area contributed by atoms with Gasteiger partial charge in [-0.1, -0.05) is 0 Å². The molecule has 0 bridgehead atoms. The number of hydrogen-bond donors (Lipinski definition) is 0. The molecule has 0 unspecified atom stereocenters. The molecule has 0 fully saturated rings. The summed E-state index contributed by atoms with van der Waals surface area (Å²) in [6, 6.07) is 0. The van der Waals surface area contributed by atoms with E-state index in [1.807, 2.05) is 5.63 Å². The molecule has 0 aromatic carbocycles. The summed E-state index contributed by atoms with van der Waals surface area (Å²) in [5, 5.41) is 0. The first-order chi connectivity index (χ1) is 2.77. The summed E-state index contributed by atoms with van der Waals surface area (Å²) in [6.07, 6.45) is 0. The zero-order valence-electron chi connectivity index (χ0n) is 3.26. The standard InChI is InChI=1S/C3H3O2P/c1-3(4)2-6-5/h1H3. The Balaban J connectivity index is 3.84.